The quantitative estimate of drug-likeness (QED) is 0.497. The molecule has 0 aliphatic carbocycles. The third-order valence-corrected chi connectivity index (χ3v) is 5.05. The number of benzene rings is 1. The SMILES string of the molecule is COP(=O)(OC)C(O)c1cccn1-c1cccc([N+](=O)[O-])c1. The summed E-state index contributed by atoms with van der Waals surface area (Å²) in [5, 5.41) is 21.1. The predicted molar refractivity (Wildman–Crippen MR) is 79.0 cm³/mol. The van der Waals surface area contributed by atoms with Crippen LogP contribution in [0.15, 0.2) is 42.6 Å². The Hall–Kier alpha value is -1.99. The van der Waals surface area contributed by atoms with E-state index >= 15 is 0 Å². The van der Waals surface area contributed by atoms with Crippen LogP contribution in [-0.2, 0) is 13.6 Å². The standard InChI is InChI=1S/C13H15N2O6P/c1-20-22(19,21-2)13(16)12-7-4-8-14(12)10-5-3-6-11(9-10)15(17)18/h3-9,13,16H,1-2H3. The Morgan fingerprint density at radius 2 is 1.95 bits per heavy atom. The molecule has 0 spiro atoms. The minimum absolute atomic E-state index is 0.0895. The summed E-state index contributed by atoms with van der Waals surface area (Å²) in [6.07, 6.45) is 1.59. The molecular weight excluding hydrogens is 311 g/mol. The number of aromatic nitrogens is 1. The maximum absolute atomic E-state index is 12.3. The second-order valence-electron chi connectivity index (χ2n) is 4.36. The highest BCUT2D eigenvalue weighted by molar-refractivity contribution is 7.53. The Labute approximate surface area is 126 Å². The predicted octanol–water partition coefficient (Wildman–Crippen LogP) is 2.86. The molecule has 1 heterocycles. The van der Waals surface area contributed by atoms with Crippen molar-refractivity contribution < 1.29 is 23.6 Å². The van der Waals surface area contributed by atoms with E-state index in [1.807, 2.05) is 0 Å². The van der Waals surface area contributed by atoms with E-state index in [0.29, 0.717) is 5.69 Å². The van der Waals surface area contributed by atoms with Crippen molar-refractivity contribution in [1.82, 2.24) is 4.57 Å². The molecule has 0 amide bonds. The summed E-state index contributed by atoms with van der Waals surface area (Å²) >= 11 is 0. The summed E-state index contributed by atoms with van der Waals surface area (Å²) in [6.45, 7) is 0. The molecule has 2 rings (SSSR count). The molecule has 0 saturated heterocycles. The topological polar surface area (TPSA) is 104 Å². The Morgan fingerprint density at radius 1 is 1.27 bits per heavy atom. The largest absolute Gasteiger partial charge is 0.375 e. The van der Waals surface area contributed by atoms with E-state index < -0.39 is 18.4 Å². The highest BCUT2D eigenvalue weighted by Gasteiger charge is 2.35. The number of non-ortho nitro benzene ring substituents is 1. The fourth-order valence-electron chi connectivity index (χ4n) is 2.03. The van der Waals surface area contributed by atoms with E-state index in [2.05, 4.69) is 0 Å². The summed E-state index contributed by atoms with van der Waals surface area (Å²) < 4.78 is 23.4. The zero-order valence-corrected chi connectivity index (χ0v) is 12.8. The van der Waals surface area contributed by atoms with Crippen molar-refractivity contribution in [1.29, 1.82) is 0 Å². The van der Waals surface area contributed by atoms with Gasteiger partial charge in [-0.15, -0.1) is 0 Å². The van der Waals surface area contributed by atoms with Gasteiger partial charge in [-0.1, -0.05) is 6.07 Å². The zero-order chi connectivity index (χ0) is 16.3. The lowest BCUT2D eigenvalue weighted by Crippen LogP contribution is -2.08. The van der Waals surface area contributed by atoms with Gasteiger partial charge in [0, 0.05) is 32.5 Å². The number of nitro groups is 1. The number of nitrogens with zero attached hydrogens (tertiary/aromatic N) is 2. The molecule has 118 valence electrons. The van der Waals surface area contributed by atoms with Gasteiger partial charge >= 0.3 is 7.60 Å². The molecule has 0 fully saturated rings. The van der Waals surface area contributed by atoms with Crippen LogP contribution in [0.5, 0.6) is 0 Å². The van der Waals surface area contributed by atoms with Gasteiger partial charge < -0.3 is 18.7 Å². The van der Waals surface area contributed by atoms with Crippen molar-refractivity contribution in [2.24, 2.45) is 0 Å². The second kappa shape index (κ2) is 6.41. The van der Waals surface area contributed by atoms with E-state index in [-0.39, 0.29) is 11.4 Å². The molecule has 0 aliphatic heterocycles. The molecule has 9 heteroatoms. The Balaban J connectivity index is 2.48. The van der Waals surface area contributed by atoms with Crippen molar-refractivity contribution >= 4 is 13.3 Å². The fourth-order valence-corrected chi connectivity index (χ4v) is 3.12. The van der Waals surface area contributed by atoms with Crippen molar-refractivity contribution in [3.05, 3.63) is 58.4 Å². The maximum Gasteiger partial charge on any atom is 0.364 e. The number of hydrogen-bond donors (Lipinski definition) is 1. The normalized spacial score (nSPS) is 13.0. The molecular formula is C13H15N2O6P. The first-order valence-electron chi connectivity index (χ1n) is 6.24. The molecule has 2 aromatic rings. The number of rotatable bonds is 6. The van der Waals surface area contributed by atoms with Gasteiger partial charge in [-0.2, -0.15) is 0 Å². The number of hydrogen-bond acceptors (Lipinski definition) is 6. The lowest BCUT2D eigenvalue weighted by atomic mass is 10.2. The molecule has 0 radical (unpaired) electrons. The van der Waals surface area contributed by atoms with Gasteiger partial charge in [-0.25, -0.2) is 0 Å². The molecule has 0 bridgehead atoms. The number of aliphatic hydroxyl groups excluding tert-OH is 1. The Bertz CT molecular complexity index is 721. The van der Waals surface area contributed by atoms with Gasteiger partial charge in [0.1, 0.15) is 0 Å². The Morgan fingerprint density at radius 3 is 2.55 bits per heavy atom. The average molecular weight is 326 g/mol. The van der Waals surface area contributed by atoms with Crippen molar-refractivity contribution in [3.63, 3.8) is 0 Å². The van der Waals surface area contributed by atoms with Crippen molar-refractivity contribution in [2.75, 3.05) is 14.2 Å². The third kappa shape index (κ3) is 2.95. The molecule has 0 saturated carbocycles. The van der Waals surface area contributed by atoms with Gasteiger partial charge in [0.25, 0.3) is 5.69 Å². The highest BCUT2D eigenvalue weighted by atomic mass is 31.2. The van der Waals surface area contributed by atoms with E-state index in [1.54, 1.807) is 18.3 Å². The minimum atomic E-state index is -3.74. The first-order chi connectivity index (χ1) is 10.4. The van der Waals surface area contributed by atoms with E-state index in [1.165, 1.54) is 43.1 Å². The molecule has 1 aromatic carbocycles. The number of nitro benzene ring substituents is 1. The van der Waals surface area contributed by atoms with Crippen LogP contribution in [-0.4, -0.2) is 28.8 Å². The molecule has 1 N–H and O–H groups in total. The summed E-state index contributed by atoms with van der Waals surface area (Å²) in [5.74, 6) is -1.52. The lowest BCUT2D eigenvalue weighted by Gasteiger charge is -2.21. The van der Waals surface area contributed by atoms with Crippen LogP contribution in [0.1, 0.15) is 11.5 Å². The van der Waals surface area contributed by atoms with Crippen LogP contribution in [0, 0.1) is 10.1 Å². The molecule has 1 atom stereocenters. The minimum Gasteiger partial charge on any atom is -0.375 e. The van der Waals surface area contributed by atoms with Crippen molar-refractivity contribution in [2.45, 2.75) is 5.85 Å². The summed E-state index contributed by atoms with van der Waals surface area (Å²) in [5.41, 5.74) is 0.604. The zero-order valence-electron chi connectivity index (χ0n) is 11.9. The van der Waals surface area contributed by atoms with Crippen LogP contribution >= 0.6 is 7.60 Å². The smallest absolute Gasteiger partial charge is 0.364 e. The van der Waals surface area contributed by atoms with Crippen LogP contribution in [0.3, 0.4) is 0 Å². The third-order valence-electron chi connectivity index (χ3n) is 3.17. The molecule has 0 aliphatic rings. The molecule has 1 unspecified atom stereocenters. The monoisotopic (exact) mass is 326 g/mol. The first-order valence-corrected chi connectivity index (χ1v) is 7.85. The van der Waals surface area contributed by atoms with Gasteiger partial charge in [0.2, 0.25) is 0 Å². The molecule has 1 aromatic heterocycles. The molecule has 8 nitrogen and oxygen atoms in total. The van der Waals surface area contributed by atoms with Crippen LogP contribution in [0.2, 0.25) is 0 Å². The summed E-state index contributed by atoms with van der Waals surface area (Å²) in [4.78, 5) is 10.3. The van der Waals surface area contributed by atoms with E-state index in [0.717, 1.165) is 0 Å². The average Bonchev–Trinajstić information content (AvgIpc) is 3.02. The van der Waals surface area contributed by atoms with Gasteiger partial charge in [-0.3, -0.25) is 14.7 Å². The lowest BCUT2D eigenvalue weighted by molar-refractivity contribution is -0.384. The fraction of sp³-hybridized carbons (Fsp3) is 0.231. The maximum atomic E-state index is 12.3. The van der Waals surface area contributed by atoms with Gasteiger partial charge in [0.05, 0.1) is 16.3 Å². The summed E-state index contributed by atoms with van der Waals surface area (Å²) in [7, 11) is -1.39. The van der Waals surface area contributed by atoms with E-state index in [9.17, 15) is 19.8 Å². The van der Waals surface area contributed by atoms with Crippen LogP contribution < -0.4 is 0 Å². The van der Waals surface area contributed by atoms with E-state index in [4.69, 9.17) is 9.05 Å². The summed E-state index contributed by atoms with van der Waals surface area (Å²) in [6, 6.07) is 9.02. The van der Waals surface area contributed by atoms with Gasteiger partial charge in [-0.05, 0) is 18.2 Å². The van der Waals surface area contributed by atoms with Gasteiger partial charge in [0.15, 0.2) is 5.85 Å². The Kier molecular flexibility index (Phi) is 4.77. The first kappa shape index (κ1) is 16.4. The molecule has 22 heavy (non-hydrogen) atoms. The number of aliphatic hydroxyl groups is 1. The van der Waals surface area contributed by atoms with Crippen LogP contribution in [0.4, 0.5) is 5.69 Å². The highest BCUT2D eigenvalue weighted by Crippen LogP contribution is 2.58. The van der Waals surface area contributed by atoms with Crippen molar-refractivity contribution in [3.8, 4) is 5.69 Å². The second-order valence-corrected chi connectivity index (χ2v) is 6.66. The van der Waals surface area contributed by atoms with Crippen LogP contribution in [0.25, 0.3) is 5.69 Å².